The monoisotopic (exact) mass is 280 g/mol. The van der Waals surface area contributed by atoms with E-state index in [1.54, 1.807) is 23.0 Å². The first-order chi connectivity index (χ1) is 8.99. The molecule has 0 fully saturated rings. The van der Waals surface area contributed by atoms with Gasteiger partial charge in [0.1, 0.15) is 5.75 Å². The summed E-state index contributed by atoms with van der Waals surface area (Å²) in [6, 6.07) is 7.06. The lowest BCUT2D eigenvalue weighted by Crippen LogP contribution is -2.22. The van der Waals surface area contributed by atoms with Gasteiger partial charge in [-0.3, -0.25) is 4.68 Å². The Hall–Kier alpha value is -2.01. The van der Waals surface area contributed by atoms with E-state index in [1.807, 2.05) is 19.2 Å². The van der Waals surface area contributed by atoms with Crippen LogP contribution in [0.1, 0.15) is 6.92 Å². The molecule has 1 aromatic carbocycles. The van der Waals surface area contributed by atoms with E-state index >= 15 is 0 Å². The van der Waals surface area contributed by atoms with Crippen molar-refractivity contribution < 1.29 is 14.6 Å². The first-order valence-electron chi connectivity index (χ1n) is 5.66. The molecule has 1 atom stereocenters. The summed E-state index contributed by atoms with van der Waals surface area (Å²) in [4.78, 5) is 10.7. The molecule has 0 aliphatic rings. The highest BCUT2D eigenvalue weighted by Gasteiger charge is 2.15. The molecule has 0 unspecified atom stereocenters. The van der Waals surface area contributed by atoms with E-state index in [0.717, 1.165) is 11.3 Å². The van der Waals surface area contributed by atoms with Crippen molar-refractivity contribution in [3.05, 3.63) is 35.5 Å². The summed E-state index contributed by atoms with van der Waals surface area (Å²) in [5.74, 6) is -0.686. The molecule has 6 heteroatoms. The number of carbonyl (C=O) groups is 1. The maximum Gasteiger partial charge on any atom is 0.344 e. The number of nitrogens with zero attached hydrogens (tertiary/aromatic N) is 2. The lowest BCUT2D eigenvalue weighted by molar-refractivity contribution is -0.144. The molecule has 19 heavy (non-hydrogen) atoms. The average Bonchev–Trinajstić information content (AvgIpc) is 2.78. The van der Waals surface area contributed by atoms with Crippen LogP contribution in [0.5, 0.6) is 5.75 Å². The van der Waals surface area contributed by atoms with Crippen molar-refractivity contribution in [1.82, 2.24) is 9.78 Å². The molecule has 100 valence electrons. The lowest BCUT2D eigenvalue weighted by atomic mass is 10.1. The summed E-state index contributed by atoms with van der Waals surface area (Å²) >= 11 is 6.10. The molecular weight excluding hydrogens is 268 g/mol. The van der Waals surface area contributed by atoms with Crippen molar-refractivity contribution >= 4 is 17.6 Å². The Bertz CT molecular complexity index is 610. The lowest BCUT2D eigenvalue weighted by Gasteiger charge is -2.12. The third kappa shape index (κ3) is 2.88. The number of carboxylic acid groups (broad SMARTS) is 1. The minimum absolute atomic E-state index is 0.350. The Labute approximate surface area is 115 Å². The van der Waals surface area contributed by atoms with E-state index < -0.39 is 12.1 Å². The Morgan fingerprint density at radius 2 is 2.21 bits per heavy atom. The second-order valence-corrected chi connectivity index (χ2v) is 4.49. The second-order valence-electron chi connectivity index (χ2n) is 4.08. The minimum atomic E-state index is -1.04. The molecule has 0 saturated carbocycles. The van der Waals surface area contributed by atoms with Crippen molar-refractivity contribution in [2.24, 2.45) is 7.05 Å². The topological polar surface area (TPSA) is 64.4 Å². The van der Waals surface area contributed by atoms with E-state index in [-0.39, 0.29) is 0 Å². The molecule has 5 nitrogen and oxygen atoms in total. The summed E-state index contributed by atoms with van der Waals surface area (Å²) in [5.41, 5.74) is 1.81. The maximum atomic E-state index is 10.7. The van der Waals surface area contributed by atoms with E-state index in [2.05, 4.69) is 5.10 Å². The van der Waals surface area contributed by atoms with Gasteiger partial charge in [0.15, 0.2) is 6.10 Å². The van der Waals surface area contributed by atoms with Gasteiger partial charge in [-0.1, -0.05) is 11.6 Å². The number of hydrogen-bond donors (Lipinski definition) is 1. The van der Waals surface area contributed by atoms with Crippen LogP contribution in [0.2, 0.25) is 5.02 Å². The van der Waals surface area contributed by atoms with Crippen LogP contribution in [0.3, 0.4) is 0 Å². The van der Waals surface area contributed by atoms with Gasteiger partial charge in [-0.05, 0) is 31.2 Å². The van der Waals surface area contributed by atoms with E-state index in [0.29, 0.717) is 10.8 Å². The Kier molecular flexibility index (Phi) is 3.76. The van der Waals surface area contributed by atoms with Crippen molar-refractivity contribution in [2.45, 2.75) is 13.0 Å². The first kappa shape index (κ1) is 13.4. The second kappa shape index (κ2) is 5.32. The van der Waals surface area contributed by atoms with Gasteiger partial charge in [-0.25, -0.2) is 4.79 Å². The van der Waals surface area contributed by atoms with Gasteiger partial charge in [0.25, 0.3) is 0 Å². The smallest absolute Gasteiger partial charge is 0.344 e. The Balaban J connectivity index is 2.27. The fraction of sp³-hybridized carbons (Fsp3) is 0.231. The molecule has 0 radical (unpaired) electrons. The first-order valence-corrected chi connectivity index (χ1v) is 6.04. The number of halogens is 1. The summed E-state index contributed by atoms with van der Waals surface area (Å²) in [6.07, 6.45) is 0.750. The van der Waals surface area contributed by atoms with Gasteiger partial charge in [0.05, 0.1) is 10.7 Å². The quantitative estimate of drug-likeness (QED) is 0.935. The van der Waals surface area contributed by atoms with Crippen LogP contribution >= 0.6 is 11.6 Å². The number of aromatic nitrogens is 2. The van der Waals surface area contributed by atoms with Gasteiger partial charge in [-0.15, -0.1) is 0 Å². The zero-order chi connectivity index (χ0) is 14.0. The van der Waals surface area contributed by atoms with Crippen molar-refractivity contribution in [2.75, 3.05) is 0 Å². The normalized spacial score (nSPS) is 12.2. The van der Waals surface area contributed by atoms with Crippen molar-refractivity contribution in [1.29, 1.82) is 0 Å². The summed E-state index contributed by atoms with van der Waals surface area (Å²) < 4.78 is 6.98. The summed E-state index contributed by atoms with van der Waals surface area (Å²) in [5, 5.41) is 13.2. The van der Waals surface area contributed by atoms with E-state index in [9.17, 15) is 4.79 Å². The summed E-state index contributed by atoms with van der Waals surface area (Å²) in [7, 11) is 1.83. The molecule has 1 aromatic heterocycles. The number of aryl methyl sites for hydroxylation is 1. The van der Waals surface area contributed by atoms with Gasteiger partial charge < -0.3 is 9.84 Å². The van der Waals surface area contributed by atoms with Gasteiger partial charge in [-0.2, -0.15) is 5.10 Å². The minimum Gasteiger partial charge on any atom is -0.479 e. The van der Waals surface area contributed by atoms with Crippen LogP contribution in [0.15, 0.2) is 30.5 Å². The van der Waals surface area contributed by atoms with Crippen LogP contribution in [0.25, 0.3) is 11.3 Å². The third-order valence-electron chi connectivity index (χ3n) is 2.70. The molecule has 1 N–H and O–H groups in total. The molecule has 0 bridgehead atoms. The number of hydrogen-bond acceptors (Lipinski definition) is 3. The van der Waals surface area contributed by atoms with Crippen molar-refractivity contribution in [3.63, 3.8) is 0 Å². The highest BCUT2D eigenvalue weighted by Crippen LogP contribution is 2.30. The Morgan fingerprint density at radius 3 is 2.74 bits per heavy atom. The van der Waals surface area contributed by atoms with Gasteiger partial charge in [0.2, 0.25) is 0 Å². The SMILES string of the molecule is C[C@@H](Oc1ccc(-c2ccnn2C)cc1Cl)C(=O)O. The number of benzene rings is 1. The Morgan fingerprint density at radius 1 is 1.47 bits per heavy atom. The fourth-order valence-electron chi connectivity index (χ4n) is 1.65. The van der Waals surface area contributed by atoms with Crippen LogP contribution < -0.4 is 4.74 Å². The van der Waals surface area contributed by atoms with Crippen molar-refractivity contribution in [3.8, 4) is 17.0 Å². The zero-order valence-corrected chi connectivity index (χ0v) is 11.3. The zero-order valence-electron chi connectivity index (χ0n) is 10.5. The number of ether oxygens (including phenoxy) is 1. The van der Waals surface area contributed by atoms with Crippen LogP contribution in [-0.2, 0) is 11.8 Å². The average molecular weight is 281 g/mol. The predicted molar refractivity (Wildman–Crippen MR) is 71.4 cm³/mol. The molecule has 2 rings (SSSR count). The molecule has 2 aromatic rings. The number of carboxylic acids is 1. The molecule has 0 spiro atoms. The number of rotatable bonds is 4. The van der Waals surface area contributed by atoms with E-state index in [4.69, 9.17) is 21.4 Å². The highest BCUT2D eigenvalue weighted by molar-refractivity contribution is 6.32. The molecule has 0 saturated heterocycles. The molecular formula is C13H13ClN2O3. The highest BCUT2D eigenvalue weighted by atomic mass is 35.5. The molecule has 0 aliphatic carbocycles. The largest absolute Gasteiger partial charge is 0.479 e. The summed E-state index contributed by atoms with van der Waals surface area (Å²) in [6.45, 7) is 1.45. The van der Waals surface area contributed by atoms with E-state index in [1.165, 1.54) is 6.92 Å². The van der Waals surface area contributed by atoms with Crippen LogP contribution in [-0.4, -0.2) is 27.0 Å². The van der Waals surface area contributed by atoms with Crippen LogP contribution in [0, 0.1) is 0 Å². The fourth-order valence-corrected chi connectivity index (χ4v) is 1.88. The molecule has 0 amide bonds. The standard InChI is InChI=1S/C13H13ClN2O3/c1-8(13(17)18)19-12-4-3-9(7-10(12)14)11-5-6-15-16(11)2/h3-8H,1-2H3,(H,17,18)/t8-/m1/s1. The maximum absolute atomic E-state index is 10.7. The van der Waals surface area contributed by atoms with Crippen LogP contribution in [0.4, 0.5) is 0 Å². The van der Waals surface area contributed by atoms with Gasteiger partial charge in [0, 0.05) is 18.8 Å². The van der Waals surface area contributed by atoms with Gasteiger partial charge >= 0.3 is 5.97 Å². The molecule has 0 aliphatic heterocycles. The predicted octanol–water partition coefficient (Wildman–Crippen LogP) is 2.59. The third-order valence-corrected chi connectivity index (χ3v) is 3.00. The molecule has 1 heterocycles. The number of aliphatic carboxylic acids is 1.